The second-order valence-electron chi connectivity index (χ2n) is 4.86. The molecule has 0 saturated carbocycles. The molecule has 1 aromatic carbocycles. The predicted octanol–water partition coefficient (Wildman–Crippen LogP) is 2.71. The molecule has 0 fully saturated rings. The molecule has 0 aliphatic rings. The molecule has 0 spiro atoms. The van der Waals surface area contributed by atoms with Gasteiger partial charge in [-0.2, -0.15) is 0 Å². The maximum Gasteiger partial charge on any atom is 0.284 e. The molecule has 0 saturated heterocycles. The van der Waals surface area contributed by atoms with Crippen LogP contribution < -0.4 is 0 Å². The first-order valence-corrected chi connectivity index (χ1v) is 9.65. The van der Waals surface area contributed by atoms with Gasteiger partial charge in [0.2, 0.25) is 0 Å². The summed E-state index contributed by atoms with van der Waals surface area (Å²) >= 11 is 1.10. The molecule has 7 nitrogen and oxygen atoms in total. The van der Waals surface area contributed by atoms with Crippen LogP contribution in [0.25, 0.3) is 11.7 Å². The summed E-state index contributed by atoms with van der Waals surface area (Å²) in [6.45, 7) is 0. The number of carbonyl (C=O) groups is 1. The lowest BCUT2D eigenvalue weighted by Gasteiger charge is -2.01. The number of nitrogens with zero attached hydrogens (tertiary/aromatic N) is 2. The number of furan rings is 1. The SMILES string of the molecule is CS(=O)(=O)c1ccc(C(=O)CSc2nnc(-c3ccco3)o2)cc1. The minimum atomic E-state index is -3.28. The van der Waals surface area contributed by atoms with Crippen LogP contribution in [0.4, 0.5) is 0 Å². The van der Waals surface area contributed by atoms with Crippen molar-refractivity contribution in [2.45, 2.75) is 10.1 Å². The van der Waals surface area contributed by atoms with E-state index in [4.69, 9.17) is 8.83 Å². The maximum absolute atomic E-state index is 12.1. The Bertz CT molecular complexity index is 944. The highest BCUT2D eigenvalue weighted by Gasteiger charge is 2.14. The third kappa shape index (κ3) is 3.74. The van der Waals surface area contributed by atoms with Crippen molar-refractivity contribution in [3.8, 4) is 11.7 Å². The van der Waals surface area contributed by atoms with Crippen molar-refractivity contribution in [1.29, 1.82) is 0 Å². The van der Waals surface area contributed by atoms with Gasteiger partial charge in [0.15, 0.2) is 21.4 Å². The summed E-state index contributed by atoms with van der Waals surface area (Å²) in [5, 5.41) is 7.93. The van der Waals surface area contributed by atoms with E-state index < -0.39 is 9.84 Å². The Kier molecular flexibility index (Phi) is 4.54. The molecule has 0 atom stereocenters. The molecule has 2 aromatic heterocycles. The Hall–Kier alpha value is -2.39. The van der Waals surface area contributed by atoms with Crippen molar-refractivity contribution in [3.63, 3.8) is 0 Å². The molecule has 0 amide bonds. The molecular formula is C15H12N2O5S2. The molecule has 0 aliphatic carbocycles. The van der Waals surface area contributed by atoms with Gasteiger partial charge in [0.05, 0.1) is 16.9 Å². The van der Waals surface area contributed by atoms with Crippen LogP contribution in [-0.4, -0.2) is 36.4 Å². The normalized spacial score (nSPS) is 11.5. The van der Waals surface area contributed by atoms with Crippen molar-refractivity contribution in [2.75, 3.05) is 12.0 Å². The van der Waals surface area contributed by atoms with Crippen molar-refractivity contribution in [1.82, 2.24) is 10.2 Å². The Morgan fingerprint density at radius 1 is 1.17 bits per heavy atom. The van der Waals surface area contributed by atoms with Gasteiger partial charge in [0.25, 0.3) is 11.1 Å². The number of hydrogen-bond donors (Lipinski definition) is 0. The van der Waals surface area contributed by atoms with Crippen LogP contribution in [0.15, 0.2) is 61.6 Å². The highest BCUT2D eigenvalue weighted by molar-refractivity contribution is 7.99. The molecule has 0 N–H and O–H groups in total. The van der Waals surface area contributed by atoms with Gasteiger partial charge in [-0.25, -0.2) is 8.42 Å². The molecule has 124 valence electrons. The number of rotatable bonds is 6. The maximum atomic E-state index is 12.1. The van der Waals surface area contributed by atoms with E-state index in [9.17, 15) is 13.2 Å². The fraction of sp³-hybridized carbons (Fsp3) is 0.133. The molecule has 0 unspecified atom stereocenters. The van der Waals surface area contributed by atoms with Crippen LogP contribution in [0.1, 0.15) is 10.4 Å². The summed E-state index contributed by atoms with van der Waals surface area (Å²) in [4.78, 5) is 12.3. The first kappa shape index (κ1) is 16.5. The van der Waals surface area contributed by atoms with Gasteiger partial charge in [-0.05, 0) is 24.3 Å². The zero-order valence-corrected chi connectivity index (χ0v) is 14.1. The number of ketones is 1. The van der Waals surface area contributed by atoms with Gasteiger partial charge < -0.3 is 8.83 Å². The first-order chi connectivity index (χ1) is 11.4. The number of thioether (sulfide) groups is 1. The van der Waals surface area contributed by atoms with E-state index in [1.807, 2.05) is 0 Å². The lowest BCUT2D eigenvalue weighted by atomic mass is 10.1. The fourth-order valence-electron chi connectivity index (χ4n) is 1.87. The molecular weight excluding hydrogens is 352 g/mol. The molecule has 0 aliphatic heterocycles. The van der Waals surface area contributed by atoms with E-state index in [1.54, 1.807) is 12.1 Å². The molecule has 24 heavy (non-hydrogen) atoms. The van der Waals surface area contributed by atoms with Crippen LogP contribution in [0, 0.1) is 0 Å². The summed E-state index contributed by atoms with van der Waals surface area (Å²) in [7, 11) is -3.28. The van der Waals surface area contributed by atoms with Crippen molar-refractivity contribution >= 4 is 27.4 Å². The standard InChI is InChI=1S/C15H12N2O5S2/c1-24(19,20)11-6-4-10(5-7-11)12(18)9-23-15-17-16-14(22-15)13-3-2-8-21-13/h2-8H,9H2,1H3. The monoisotopic (exact) mass is 364 g/mol. The molecule has 9 heteroatoms. The van der Waals surface area contributed by atoms with Gasteiger partial charge in [-0.1, -0.05) is 23.9 Å². The topological polar surface area (TPSA) is 103 Å². The second kappa shape index (κ2) is 6.62. The average molecular weight is 364 g/mol. The minimum absolute atomic E-state index is 0.0952. The Morgan fingerprint density at radius 3 is 2.54 bits per heavy atom. The van der Waals surface area contributed by atoms with Gasteiger partial charge in [0.1, 0.15) is 0 Å². The van der Waals surface area contributed by atoms with Crippen molar-refractivity contribution in [2.24, 2.45) is 0 Å². The number of aromatic nitrogens is 2. The van der Waals surface area contributed by atoms with Crippen LogP contribution in [0.5, 0.6) is 0 Å². The lowest BCUT2D eigenvalue weighted by Crippen LogP contribution is -2.03. The van der Waals surface area contributed by atoms with E-state index in [0.29, 0.717) is 11.3 Å². The number of sulfone groups is 1. The highest BCUT2D eigenvalue weighted by atomic mass is 32.2. The van der Waals surface area contributed by atoms with E-state index in [-0.39, 0.29) is 27.5 Å². The highest BCUT2D eigenvalue weighted by Crippen LogP contribution is 2.24. The largest absolute Gasteiger partial charge is 0.459 e. The quantitative estimate of drug-likeness (QED) is 0.486. The zero-order valence-electron chi connectivity index (χ0n) is 12.5. The van der Waals surface area contributed by atoms with Gasteiger partial charge >= 0.3 is 0 Å². The number of benzene rings is 1. The smallest absolute Gasteiger partial charge is 0.284 e. The molecule has 3 aromatic rings. The van der Waals surface area contributed by atoms with E-state index in [0.717, 1.165) is 18.0 Å². The first-order valence-electron chi connectivity index (χ1n) is 6.77. The zero-order chi connectivity index (χ0) is 17.2. The van der Waals surface area contributed by atoms with Crippen LogP contribution in [0.3, 0.4) is 0 Å². The molecule has 0 bridgehead atoms. The van der Waals surface area contributed by atoms with Crippen molar-refractivity contribution < 1.29 is 22.0 Å². The third-order valence-electron chi connectivity index (χ3n) is 3.07. The summed E-state index contributed by atoms with van der Waals surface area (Å²) in [5.41, 5.74) is 0.417. The van der Waals surface area contributed by atoms with Crippen LogP contribution in [-0.2, 0) is 9.84 Å². The lowest BCUT2D eigenvalue weighted by molar-refractivity contribution is 0.102. The molecule has 2 heterocycles. The summed E-state index contributed by atoms with van der Waals surface area (Å²) < 4.78 is 33.3. The second-order valence-corrected chi connectivity index (χ2v) is 7.80. The Balaban J connectivity index is 1.63. The van der Waals surface area contributed by atoms with Gasteiger partial charge in [-0.3, -0.25) is 4.79 Å². The molecule has 0 radical (unpaired) electrons. The fourth-order valence-corrected chi connectivity index (χ4v) is 3.15. The van der Waals surface area contributed by atoms with Crippen molar-refractivity contribution in [3.05, 3.63) is 48.2 Å². The van der Waals surface area contributed by atoms with Gasteiger partial charge in [0, 0.05) is 11.8 Å². The van der Waals surface area contributed by atoms with Gasteiger partial charge in [-0.15, -0.1) is 10.2 Å². The number of carbonyl (C=O) groups excluding carboxylic acids is 1. The average Bonchev–Trinajstić information content (AvgIpc) is 3.23. The Labute approximate surface area is 142 Å². The Morgan fingerprint density at radius 2 is 1.92 bits per heavy atom. The summed E-state index contributed by atoms with van der Waals surface area (Å²) in [6, 6.07) is 9.19. The number of Topliss-reactive ketones (excluding diaryl/α,β-unsaturated/α-hetero) is 1. The summed E-state index contributed by atoms with van der Waals surface area (Å²) in [5.74, 6) is 0.625. The van der Waals surface area contributed by atoms with E-state index >= 15 is 0 Å². The molecule has 3 rings (SSSR count). The number of hydrogen-bond acceptors (Lipinski definition) is 8. The third-order valence-corrected chi connectivity index (χ3v) is 5.02. The van der Waals surface area contributed by atoms with Crippen LogP contribution in [0.2, 0.25) is 0 Å². The van der Waals surface area contributed by atoms with E-state index in [2.05, 4.69) is 10.2 Å². The van der Waals surface area contributed by atoms with Crippen LogP contribution >= 0.6 is 11.8 Å². The summed E-state index contributed by atoms with van der Waals surface area (Å²) in [6.07, 6.45) is 2.61. The van der Waals surface area contributed by atoms with E-state index in [1.165, 1.54) is 30.5 Å². The predicted molar refractivity (Wildman–Crippen MR) is 86.6 cm³/mol. The minimum Gasteiger partial charge on any atom is -0.459 e.